The molecule has 0 aromatic heterocycles. The molecule has 1 saturated carbocycles. The number of alkyl halides is 3. The molecule has 0 heterocycles. The fourth-order valence-electron chi connectivity index (χ4n) is 3.25. The molecule has 130 valence electrons. The standard InChI is InChI=1S/C17H21F4IO/c18-14-8-13(9-15(19)17(14)23-10-16(20)21)12-5-3-11(4-6-12)2-1-7-22/h8-9,11-12,16H,1-7,10H2. The molecule has 0 N–H and O–H groups in total. The van der Waals surface area contributed by atoms with E-state index in [1.54, 1.807) is 0 Å². The summed E-state index contributed by atoms with van der Waals surface area (Å²) in [7, 11) is 0. The lowest BCUT2D eigenvalue weighted by Crippen LogP contribution is -2.14. The summed E-state index contributed by atoms with van der Waals surface area (Å²) in [6.45, 7) is -1.00. The van der Waals surface area contributed by atoms with Crippen LogP contribution in [0.5, 0.6) is 5.75 Å². The molecule has 0 spiro atoms. The quantitative estimate of drug-likeness (QED) is 0.281. The minimum Gasteiger partial charge on any atom is -0.482 e. The van der Waals surface area contributed by atoms with Gasteiger partial charge in [0.15, 0.2) is 17.4 Å². The van der Waals surface area contributed by atoms with Crippen molar-refractivity contribution in [3.8, 4) is 5.75 Å². The largest absolute Gasteiger partial charge is 0.482 e. The molecule has 1 aliphatic carbocycles. The highest BCUT2D eigenvalue weighted by atomic mass is 127. The Balaban J connectivity index is 1.99. The summed E-state index contributed by atoms with van der Waals surface area (Å²) in [5, 5.41) is 0. The number of rotatable bonds is 7. The molecule has 2 rings (SSSR count). The molecular weight excluding hydrogens is 423 g/mol. The van der Waals surface area contributed by atoms with E-state index in [9.17, 15) is 17.6 Å². The molecule has 0 radical (unpaired) electrons. The summed E-state index contributed by atoms with van der Waals surface area (Å²) >= 11 is 2.38. The number of hydrogen-bond donors (Lipinski definition) is 0. The van der Waals surface area contributed by atoms with Gasteiger partial charge in [-0.1, -0.05) is 22.6 Å². The van der Waals surface area contributed by atoms with Crippen molar-refractivity contribution in [1.82, 2.24) is 0 Å². The van der Waals surface area contributed by atoms with E-state index in [0.717, 1.165) is 30.1 Å². The van der Waals surface area contributed by atoms with Crippen LogP contribution < -0.4 is 4.74 Å². The minimum absolute atomic E-state index is 0.138. The highest BCUT2D eigenvalue weighted by Crippen LogP contribution is 2.39. The zero-order valence-corrected chi connectivity index (χ0v) is 15.0. The monoisotopic (exact) mass is 444 g/mol. The third kappa shape index (κ3) is 5.50. The summed E-state index contributed by atoms with van der Waals surface area (Å²) in [5.74, 6) is -1.64. The molecule has 23 heavy (non-hydrogen) atoms. The first-order valence-corrected chi connectivity index (χ1v) is 9.49. The average Bonchev–Trinajstić information content (AvgIpc) is 2.52. The second-order valence-electron chi connectivity index (χ2n) is 6.06. The van der Waals surface area contributed by atoms with Gasteiger partial charge in [0.2, 0.25) is 0 Å². The van der Waals surface area contributed by atoms with Crippen molar-refractivity contribution in [3.05, 3.63) is 29.3 Å². The molecule has 1 fully saturated rings. The molecule has 0 unspecified atom stereocenters. The van der Waals surface area contributed by atoms with Gasteiger partial charge in [0, 0.05) is 0 Å². The highest BCUT2D eigenvalue weighted by molar-refractivity contribution is 14.1. The van der Waals surface area contributed by atoms with Gasteiger partial charge in [-0.25, -0.2) is 17.6 Å². The van der Waals surface area contributed by atoms with Crippen molar-refractivity contribution >= 4 is 22.6 Å². The van der Waals surface area contributed by atoms with Crippen LogP contribution in [0, 0.1) is 17.6 Å². The molecule has 0 bridgehead atoms. The predicted molar refractivity (Wildman–Crippen MR) is 90.7 cm³/mol. The van der Waals surface area contributed by atoms with E-state index in [-0.39, 0.29) is 5.92 Å². The normalized spacial score (nSPS) is 21.7. The maximum Gasteiger partial charge on any atom is 0.272 e. The van der Waals surface area contributed by atoms with Crippen LogP contribution in [-0.4, -0.2) is 17.5 Å². The lowest BCUT2D eigenvalue weighted by atomic mass is 9.77. The van der Waals surface area contributed by atoms with E-state index < -0.39 is 30.4 Å². The fraction of sp³-hybridized carbons (Fsp3) is 0.647. The Bertz CT molecular complexity index is 478. The zero-order valence-electron chi connectivity index (χ0n) is 12.8. The smallest absolute Gasteiger partial charge is 0.272 e. The molecule has 1 nitrogen and oxygen atoms in total. The lowest BCUT2D eigenvalue weighted by molar-refractivity contribution is 0.0777. The van der Waals surface area contributed by atoms with E-state index in [4.69, 9.17) is 0 Å². The molecular formula is C17H21F4IO. The van der Waals surface area contributed by atoms with E-state index in [0.29, 0.717) is 11.5 Å². The molecule has 1 aromatic carbocycles. The van der Waals surface area contributed by atoms with Crippen LogP contribution in [0.25, 0.3) is 0 Å². The minimum atomic E-state index is -2.76. The number of hydrogen-bond acceptors (Lipinski definition) is 1. The van der Waals surface area contributed by atoms with Gasteiger partial charge >= 0.3 is 0 Å². The van der Waals surface area contributed by atoms with Crippen molar-refractivity contribution in [2.45, 2.75) is 50.9 Å². The van der Waals surface area contributed by atoms with Crippen molar-refractivity contribution in [2.75, 3.05) is 11.0 Å². The Morgan fingerprint density at radius 3 is 2.22 bits per heavy atom. The van der Waals surface area contributed by atoms with Crippen molar-refractivity contribution in [3.63, 3.8) is 0 Å². The van der Waals surface area contributed by atoms with Gasteiger partial charge in [0.1, 0.15) is 6.61 Å². The molecule has 1 aromatic rings. The summed E-state index contributed by atoms with van der Waals surface area (Å²) in [6.07, 6.45) is 3.67. The molecule has 0 atom stereocenters. The predicted octanol–water partition coefficient (Wildman–Crippen LogP) is 6.10. The lowest BCUT2D eigenvalue weighted by Gasteiger charge is -2.29. The third-order valence-corrected chi connectivity index (χ3v) is 5.20. The fourth-order valence-corrected chi connectivity index (χ4v) is 3.69. The van der Waals surface area contributed by atoms with E-state index in [2.05, 4.69) is 27.3 Å². The van der Waals surface area contributed by atoms with Crippen LogP contribution in [0.3, 0.4) is 0 Å². The van der Waals surface area contributed by atoms with Gasteiger partial charge in [0.25, 0.3) is 6.43 Å². The van der Waals surface area contributed by atoms with E-state index in [1.165, 1.54) is 25.0 Å². The molecule has 6 heteroatoms. The summed E-state index contributed by atoms with van der Waals surface area (Å²) < 4.78 is 57.8. The average molecular weight is 444 g/mol. The van der Waals surface area contributed by atoms with Crippen LogP contribution in [0.1, 0.15) is 50.0 Å². The number of ether oxygens (including phenoxy) is 1. The van der Waals surface area contributed by atoms with Gasteiger partial charge in [-0.3, -0.25) is 0 Å². The van der Waals surface area contributed by atoms with Gasteiger partial charge in [-0.2, -0.15) is 0 Å². The van der Waals surface area contributed by atoms with Gasteiger partial charge < -0.3 is 4.74 Å². The van der Waals surface area contributed by atoms with Gasteiger partial charge in [0.05, 0.1) is 0 Å². The molecule has 0 aliphatic heterocycles. The first-order chi connectivity index (χ1) is 11.0. The number of halogens is 5. The van der Waals surface area contributed by atoms with E-state index in [1.807, 2.05) is 0 Å². The Morgan fingerprint density at radius 1 is 1.09 bits per heavy atom. The van der Waals surface area contributed by atoms with Crippen LogP contribution in [0.15, 0.2) is 12.1 Å². The van der Waals surface area contributed by atoms with Crippen molar-refractivity contribution < 1.29 is 22.3 Å². The Kier molecular flexibility index (Phi) is 7.43. The Morgan fingerprint density at radius 2 is 1.70 bits per heavy atom. The van der Waals surface area contributed by atoms with Crippen LogP contribution in [-0.2, 0) is 0 Å². The molecule has 1 aliphatic rings. The third-order valence-electron chi connectivity index (χ3n) is 4.44. The zero-order chi connectivity index (χ0) is 16.8. The topological polar surface area (TPSA) is 9.23 Å². The second kappa shape index (κ2) is 9.08. The number of benzene rings is 1. The van der Waals surface area contributed by atoms with E-state index >= 15 is 0 Å². The van der Waals surface area contributed by atoms with Crippen molar-refractivity contribution in [1.29, 1.82) is 0 Å². The van der Waals surface area contributed by atoms with Crippen molar-refractivity contribution in [2.24, 2.45) is 5.92 Å². The highest BCUT2D eigenvalue weighted by Gasteiger charge is 2.24. The maximum absolute atomic E-state index is 13.9. The van der Waals surface area contributed by atoms with Gasteiger partial charge in [-0.05, 0) is 72.5 Å². The SMILES string of the molecule is Fc1cc(C2CCC(CCCI)CC2)cc(F)c1OCC(F)F. The summed E-state index contributed by atoms with van der Waals surface area (Å²) in [5.41, 5.74) is 0.608. The Labute approximate surface area is 147 Å². The Hall–Kier alpha value is -0.530. The van der Waals surface area contributed by atoms with Crippen LogP contribution >= 0.6 is 22.6 Å². The molecule has 0 amide bonds. The van der Waals surface area contributed by atoms with Crippen LogP contribution in [0.2, 0.25) is 0 Å². The second-order valence-corrected chi connectivity index (χ2v) is 7.14. The van der Waals surface area contributed by atoms with Gasteiger partial charge in [-0.15, -0.1) is 0 Å². The summed E-state index contributed by atoms with van der Waals surface area (Å²) in [4.78, 5) is 0. The molecule has 0 saturated heterocycles. The first kappa shape index (κ1) is 18.8. The van der Waals surface area contributed by atoms with Crippen LogP contribution in [0.4, 0.5) is 17.6 Å². The first-order valence-electron chi connectivity index (χ1n) is 7.97. The maximum atomic E-state index is 13.9. The summed E-state index contributed by atoms with van der Waals surface area (Å²) in [6, 6.07) is 2.47.